The number of nitrogens with two attached hydrogens (primary N) is 4. The molecule has 0 aliphatic heterocycles. The highest BCUT2D eigenvalue weighted by atomic mass is 16.4. The number of amides is 6. The van der Waals surface area contributed by atoms with Gasteiger partial charge in [-0.15, -0.1) is 0 Å². The van der Waals surface area contributed by atoms with Gasteiger partial charge in [-0.3, -0.25) is 38.6 Å². The molecule has 0 bridgehead atoms. The molecule has 8 atom stereocenters. The lowest BCUT2D eigenvalue weighted by Gasteiger charge is -2.29. The van der Waals surface area contributed by atoms with Crippen LogP contribution >= 0.6 is 0 Å². The molecule has 0 aromatic heterocycles. The van der Waals surface area contributed by atoms with Crippen LogP contribution in [0.3, 0.4) is 0 Å². The minimum absolute atomic E-state index is 0.00426. The standard InChI is InChI=1S/C49H69N11O12/c1-3-28(2)41(60-42(65)34(51)12-7-8-22-50)47(70)58-37(24-29-10-5-4-6-11-29)44(67)55-35(13-9-23-54-49(52)53)43(66)56-36(25-30-14-18-32(61)19-15-30)45(68)57-38(27-40(63)64)46(69)59-39(48(71)72)26-31-16-20-33(62)21-17-31/h4-6,10-11,14-21,28,34-39,41,61-62H,3,7-9,12-13,22-27,50-51H2,1-2H3,(H,55,67)(H,56,66)(H,57,68)(H,58,70)(H,59,69)(H,60,65)(H,63,64)(H,71,72)(H4,52,53,54)/t28-,34-,35-,36-,37-,38-,39-,41-/m0/s1. The third kappa shape index (κ3) is 20.7. The van der Waals surface area contributed by atoms with Crippen LogP contribution in [0.4, 0.5) is 0 Å². The van der Waals surface area contributed by atoms with Crippen LogP contribution < -0.4 is 54.8 Å². The number of benzene rings is 3. The number of aromatic hydroxyl groups is 2. The van der Waals surface area contributed by atoms with Crippen molar-refractivity contribution in [2.24, 2.45) is 33.8 Å². The zero-order valence-corrected chi connectivity index (χ0v) is 40.4. The van der Waals surface area contributed by atoms with E-state index in [9.17, 15) is 58.8 Å². The van der Waals surface area contributed by atoms with Crippen LogP contribution in [0.2, 0.25) is 0 Å². The number of nitrogens with one attached hydrogen (secondary N) is 6. The molecule has 0 heterocycles. The number of carboxylic acid groups (broad SMARTS) is 2. The summed E-state index contributed by atoms with van der Waals surface area (Å²) in [6.45, 7) is 4.00. The van der Waals surface area contributed by atoms with E-state index in [0.29, 0.717) is 48.9 Å². The summed E-state index contributed by atoms with van der Waals surface area (Å²) in [7, 11) is 0. The highest BCUT2D eigenvalue weighted by Gasteiger charge is 2.35. The molecular weight excluding hydrogens is 935 g/mol. The Labute approximate surface area is 417 Å². The minimum atomic E-state index is -1.87. The van der Waals surface area contributed by atoms with Crippen molar-refractivity contribution in [2.45, 2.75) is 120 Å². The number of aliphatic carboxylic acids is 2. The maximum atomic E-state index is 14.5. The van der Waals surface area contributed by atoms with Crippen LogP contribution in [-0.2, 0) is 57.6 Å². The van der Waals surface area contributed by atoms with Gasteiger partial charge in [0.15, 0.2) is 5.96 Å². The third-order valence-electron chi connectivity index (χ3n) is 11.6. The number of carboxylic acids is 2. The third-order valence-corrected chi connectivity index (χ3v) is 11.6. The van der Waals surface area contributed by atoms with Crippen LogP contribution in [0.1, 0.15) is 75.5 Å². The SMILES string of the molecule is CC[C@H](C)[C@H](NC(=O)[C@@H](N)CCCCN)C(=O)N[C@@H](Cc1ccccc1)C(=O)N[C@@H](CCCN=C(N)N)C(=O)N[C@@H](Cc1ccc(O)cc1)C(=O)N[C@@H](CC(=O)O)C(=O)N[C@@H](Cc1ccc(O)cc1)C(=O)O. The summed E-state index contributed by atoms with van der Waals surface area (Å²) in [5.41, 5.74) is 24.2. The Morgan fingerprint density at radius 1 is 0.556 bits per heavy atom. The summed E-state index contributed by atoms with van der Waals surface area (Å²) in [6.07, 6.45) is 0.329. The van der Waals surface area contributed by atoms with Gasteiger partial charge in [-0.2, -0.15) is 0 Å². The number of hydrogen-bond acceptors (Lipinski definition) is 13. The molecule has 23 nitrogen and oxygen atoms in total. The molecule has 0 saturated heterocycles. The van der Waals surface area contributed by atoms with Gasteiger partial charge in [0.1, 0.15) is 47.8 Å². The van der Waals surface area contributed by atoms with Crippen molar-refractivity contribution < 1.29 is 58.8 Å². The summed E-state index contributed by atoms with van der Waals surface area (Å²) in [5, 5.41) is 54.6. The smallest absolute Gasteiger partial charge is 0.326 e. The fraction of sp³-hybridized carbons (Fsp3) is 0.449. The van der Waals surface area contributed by atoms with Gasteiger partial charge in [0, 0.05) is 25.8 Å². The lowest BCUT2D eigenvalue weighted by molar-refractivity contribution is -0.143. The largest absolute Gasteiger partial charge is 0.508 e. The first-order chi connectivity index (χ1) is 34.2. The number of phenols is 2. The number of unbranched alkanes of at least 4 members (excludes halogenated alkanes) is 1. The summed E-state index contributed by atoms with van der Waals surface area (Å²) in [5.74, 6) is -9.19. The molecule has 0 saturated carbocycles. The average molecular weight is 1000 g/mol. The summed E-state index contributed by atoms with van der Waals surface area (Å²) in [4.78, 5) is 112. The second kappa shape index (κ2) is 30.1. The van der Waals surface area contributed by atoms with Gasteiger partial charge in [0.05, 0.1) is 12.5 Å². The van der Waals surface area contributed by atoms with Crippen molar-refractivity contribution in [1.82, 2.24) is 31.9 Å². The van der Waals surface area contributed by atoms with Gasteiger partial charge >= 0.3 is 11.9 Å². The zero-order chi connectivity index (χ0) is 53.3. The van der Waals surface area contributed by atoms with Gasteiger partial charge in [-0.1, -0.05) is 81.3 Å². The highest BCUT2D eigenvalue weighted by molar-refractivity contribution is 5.98. The first kappa shape index (κ1) is 58.5. The quantitative estimate of drug-likeness (QED) is 0.0212. The number of carbonyl (C=O) groups is 8. The van der Waals surface area contributed by atoms with Crippen molar-refractivity contribution in [2.75, 3.05) is 13.1 Å². The second-order valence-corrected chi connectivity index (χ2v) is 17.4. The zero-order valence-electron chi connectivity index (χ0n) is 40.4. The van der Waals surface area contributed by atoms with E-state index in [-0.39, 0.29) is 56.1 Å². The monoisotopic (exact) mass is 1000 g/mol. The topological polar surface area (TPSA) is 406 Å². The van der Waals surface area contributed by atoms with Crippen LogP contribution in [-0.4, -0.2) is 129 Å². The maximum absolute atomic E-state index is 14.5. The minimum Gasteiger partial charge on any atom is -0.508 e. The van der Waals surface area contributed by atoms with E-state index < -0.39 is 102 Å². The fourth-order valence-corrected chi connectivity index (χ4v) is 7.31. The second-order valence-electron chi connectivity index (χ2n) is 17.4. The van der Waals surface area contributed by atoms with E-state index in [0.717, 1.165) is 0 Å². The van der Waals surface area contributed by atoms with Crippen LogP contribution in [0.15, 0.2) is 83.9 Å². The van der Waals surface area contributed by atoms with Crippen LogP contribution in [0.5, 0.6) is 11.5 Å². The van der Waals surface area contributed by atoms with E-state index >= 15 is 0 Å². The molecule has 0 radical (unpaired) electrons. The molecule has 0 fully saturated rings. The lowest BCUT2D eigenvalue weighted by Crippen LogP contribution is -2.61. The van der Waals surface area contributed by atoms with Gasteiger partial charge in [0.2, 0.25) is 35.4 Å². The van der Waals surface area contributed by atoms with E-state index in [4.69, 9.17) is 22.9 Å². The molecule has 3 aromatic carbocycles. The van der Waals surface area contributed by atoms with Gasteiger partial charge in [-0.05, 0) is 79.1 Å². The van der Waals surface area contributed by atoms with E-state index in [1.807, 2.05) is 6.92 Å². The summed E-state index contributed by atoms with van der Waals surface area (Å²) in [6, 6.07) is 9.74. The van der Waals surface area contributed by atoms with Crippen LogP contribution in [0, 0.1) is 5.92 Å². The molecule has 6 amide bonds. The van der Waals surface area contributed by atoms with Crippen molar-refractivity contribution in [3.05, 3.63) is 95.6 Å². The van der Waals surface area contributed by atoms with Crippen LogP contribution in [0.25, 0.3) is 0 Å². The predicted molar refractivity (Wildman–Crippen MR) is 265 cm³/mol. The van der Waals surface area contributed by atoms with Gasteiger partial charge in [0.25, 0.3) is 0 Å². The Balaban J connectivity index is 1.99. The molecule has 0 aliphatic rings. The molecule has 0 unspecified atom stereocenters. The molecule has 0 spiro atoms. The van der Waals surface area contributed by atoms with Crippen molar-refractivity contribution in [1.29, 1.82) is 0 Å². The first-order valence-electron chi connectivity index (χ1n) is 23.6. The number of carbonyl (C=O) groups excluding carboxylic acids is 6. The molecule has 23 heteroatoms. The van der Waals surface area contributed by atoms with Gasteiger partial charge < -0.3 is 75.3 Å². The Morgan fingerprint density at radius 2 is 1.01 bits per heavy atom. The Kier molecular flexibility index (Phi) is 24.4. The molecular formula is C49H69N11O12. The Bertz CT molecular complexity index is 2300. The molecule has 72 heavy (non-hydrogen) atoms. The Morgan fingerprint density at radius 3 is 1.51 bits per heavy atom. The summed E-state index contributed by atoms with van der Waals surface area (Å²) < 4.78 is 0. The average Bonchev–Trinajstić information content (AvgIpc) is 3.34. The van der Waals surface area contributed by atoms with Crippen molar-refractivity contribution in [3.63, 3.8) is 0 Å². The maximum Gasteiger partial charge on any atom is 0.326 e. The highest BCUT2D eigenvalue weighted by Crippen LogP contribution is 2.16. The fourth-order valence-electron chi connectivity index (χ4n) is 7.31. The van der Waals surface area contributed by atoms with Crippen molar-refractivity contribution in [3.8, 4) is 11.5 Å². The Hall–Kier alpha value is -7.79. The molecule has 3 rings (SSSR count). The number of aliphatic imine (C=N–C) groups is 1. The predicted octanol–water partition coefficient (Wildman–Crippen LogP) is -0.850. The number of guanidine groups is 1. The number of hydrogen-bond donors (Lipinski definition) is 14. The summed E-state index contributed by atoms with van der Waals surface area (Å²) >= 11 is 0. The normalized spacial score (nSPS) is 14.3. The first-order valence-corrected chi connectivity index (χ1v) is 23.6. The van der Waals surface area contributed by atoms with E-state index in [1.54, 1.807) is 37.3 Å². The number of rotatable bonds is 31. The lowest BCUT2D eigenvalue weighted by atomic mass is 9.96. The van der Waals surface area contributed by atoms with Crippen molar-refractivity contribution >= 4 is 53.3 Å². The molecule has 0 aliphatic carbocycles. The van der Waals surface area contributed by atoms with Gasteiger partial charge in [-0.25, -0.2) is 4.79 Å². The molecule has 3 aromatic rings. The molecule has 392 valence electrons. The van der Waals surface area contributed by atoms with E-state index in [2.05, 4.69) is 36.9 Å². The molecule has 18 N–H and O–H groups in total. The number of nitrogens with zero attached hydrogens (tertiary/aromatic N) is 1. The van der Waals surface area contributed by atoms with E-state index in [1.165, 1.54) is 48.5 Å². The number of phenolic OH excluding ortho intramolecular Hbond substituents is 2.